The molecule has 0 aliphatic heterocycles. The molecule has 0 amide bonds. The zero-order valence-corrected chi connectivity index (χ0v) is 11.2. The van der Waals surface area contributed by atoms with Crippen LogP contribution in [0.15, 0.2) is 0 Å². The normalized spacial score (nSPS) is 12.8. The molecule has 0 unspecified atom stereocenters. The van der Waals surface area contributed by atoms with Crippen LogP contribution in [0.4, 0.5) is 0 Å². The highest BCUT2D eigenvalue weighted by atomic mass is 16.3. The van der Waals surface area contributed by atoms with Crippen molar-refractivity contribution >= 4 is 0 Å². The lowest BCUT2D eigenvalue weighted by atomic mass is 10.0. The number of hydrogen-bond donors (Lipinski definition) is 1. The molecule has 0 saturated heterocycles. The third kappa shape index (κ3) is 7.80. The van der Waals surface area contributed by atoms with Crippen molar-refractivity contribution in [2.24, 2.45) is 5.92 Å². The summed E-state index contributed by atoms with van der Waals surface area (Å²) in [6.07, 6.45) is 3.38. The molecule has 1 N–H and O–H groups in total. The van der Waals surface area contributed by atoms with Gasteiger partial charge in [0.25, 0.3) is 0 Å². The van der Waals surface area contributed by atoms with Crippen LogP contribution in [0.5, 0.6) is 0 Å². The largest absolute Gasteiger partial charge is 0.390 e. The average Bonchev–Trinajstić information content (AvgIpc) is 2.17. The van der Waals surface area contributed by atoms with Gasteiger partial charge >= 0.3 is 0 Å². The zero-order valence-electron chi connectivity index (χ0n) is 11.2. The molecule has 0 spiro atoms. The number of nitrogens with zero attached hydrogens (tertiary/aromatic N) is 1. The Kier molecular flexibility index (Phi) is 7.20. The highest BCUT2D eigenvalue weighted by Gasteiger charge is 2.15. The fourth-order valence-electron chi connectivity index (χ4n) is 1.72. The van der Waals surface area contributed by atoms with Gasteiger partial charge in [0.2, 0.25) is 0 Å². The molecule has 0 rings (SSSR count). The van der Waals surface area contributed by atoms with Crippen molar-refractivity contribution in [3.63, 3.8) is 0 Å². The van der Waals surface area contributed by atoms with E-state index >= 15 is 0 Å². The molecule has 0 aliphatic rings. The minimum Gasteiger partial charge on any atom is -0.390 e. The Morgan fingerprint density at radius 3 is 2.00 bits per heavy atom. The van der Waals surface area contributed by atoms with Gasteiger partial charge in [-0.25, -0.2) is 0 Å². The highest BCUT2D eigenvalue weighted by Crippen LogP contribution is 2.13. The summed E-state index contributed by atoms with van der Waals surface area (Å²) in [5, 5.41) is 9.68. The maximum absolute atomic E-state index is 9.68. The molecule has 15 heavy (non-hydrogen) atoms. The lowest BCUT2D eigenvalue weighted by Crippen LogP contribution is -2.34. The van der Waals surface area contributed by atoms with Crippen LogP contribution in [-0.4, -0.2) is 35.2 Å². The molecule has 0 fully saturated rings. The van der Waals surface area contributed by atoms with Gasteiger partial charge in [-0.3, -0.25) is 0 Å². The minimum absolute atomic E-state index is 0.526. The number of hydrogen-bond acceptors (Lipinski definition) is 2. The maximum atomic E-state index is 9.68. The fraction of sp³-hybridized carbons (Fsp3) is 1.00. The van der Waals surface area contributed by atoms with E-state index < -0.39 is 5.60 Å². The van der Waals surface area contributed by atoms with Gasteiger partial charge < -0.3 is 10.0 Å². The Morgan fingerprint density at radius 1 is 1.13 bits per heavy atom. The van der Waals surface area contributed by atoms with Crippen LogP contribution in [0.3, 0.4) is 0 Å². The molecule has 0 aromatic rings. The SMILES string of the molecule is CCC(CC)CN(CC)CCC(C)(C)O. The van der Waals surface area contributed by atoms with E-state index in [2.05, 4.69) is 25.7 Å². The summed E-state index contributed by atoms with van der Waals surface area (Å²) in [4.78, 5) is 2.45. The van der Waals surface area contributed by atoms with Crippen molar-refractivity contribution in [1.29, 1.82) is 0 Å². The van der Waals surface area contributed by atoms with Crippen LogP contribution in [0, 0.1) is 5.92 Å². The summed E-state index contributed by atoms with van der Waals surface area (Å²) in [5.74, 6) is 0.812. The van der Waals surface area contributed by atoms with Crippen LogP contribution < -0.4 is 0 Å². The molecule has 0 heterocycles. The van der Waals surface area contributed by atoms with E-state index in [1.54, 1.807) is 0 Å². The van der Waals surface area contributed by atoms with Crippen molar-refractivity contribution in [3.8, 4) is 0 Å². The molecular formula is C13H29NO. The van der Waals surface area contributed by atoms with E-state index in [-0.39, 0.29) is 0 Å². The van der Waals surface area contributed by atoms with Gasteiger partial charge in [0.05, 0.1) is 5.60 Å². The summed E-state index contributed by atoms with van der Waals surface area (Å²) in [5.41, 5.74) is -0.526. The van der Waals surface area contributed by atoms with E-state index in [0.717, 1.165) is 25.4 Å². The van der Waals surface area contributed by atoms with Crippen molar-refractivity contribution in [1.82, 2.24) is 4.90 Å². The first-order valence-corrected chi connectivity index (χ1v) is 6.37. The lowest BCUT2D eigenvalue weighted by Gasteiger charge is -2.28. The Morgan fingerprint density at radius 2 is 1.67 bits per heavy atom. The van der Waals surface area contributed by atoms with Gasteiger partial charge in [0.1, 0.15) is 0 Å². The van der Waals surface area contributed by atoms with Crippen LogP contribution in [-0.2, 0) is 0 Å². The van der Waals surface area contributed by atoms with Gasteiger partial charge in [0, 0.05) is 13.1 Å². The van der Waals surface area contributed by atoms with Crippen LogP contribution >= 0.6 is 0 Å². The van der Waals surface area contributed by atoms with Gasteiger partial charge in [-0.05, 0) is 32.7 Å². The first-order valence-electron chi connectivity index (χ1n) is 6.37. The third-order valence-electron chi connectivity index (χ3n) is 3.16. The quantitative estimate of drug-likeness (QED) is 0.673. The van der Waals surface area contributed by atoms with Crippen molar-refractivity contribution in [2.75, 3.05) is 19.6 Å². The van der Waals surface area contributed by atoms with Crippen molar-refractivity contribution < 1.29 is 5.11 Å². The predicted molar refractivity (Wildman–Crippen MR) is 67.1 cm³/mol. The van der Waals surface area contributed by atoms with Gasteiger partial charge in [-0.2, -0.15) is 0 Å². The molecule has 2 nitrogen and oxygen atoms in total. The number of aliphatic hydroxyl groups is 1. The Labute approximate surface area is 95.7 Å². The third-order valence-corrected chi connectivity index (χ3v) is 3.16. The highest BCUT2D eigenvalue weighted by molar-refractivity contribution is 4.70. The number of rotatable bonds is 8. The summed E-state index contributed by atoms with van der Waals surface area (Å²) in [6.45, 7) is 13.8. The molecule has 92 valence electrons. The maximum Gasteiger partial charge on any atom is 0.0603 e. The van der Waals surface area contributed by atoms with Crippen LogP contribution in [0.25, 0.3) is 0 Å². The second-order valence-electron chi connectivity index (χ2n) is 5.14. The molecule has 0 saturated carbocycles. The molecule has 0 radical (unpaired) electrons. The lowest BCUT2D eigenvalue weighted by molar-refractivity contribution is 0.0559. The van der Waals surface area contributed by atoms with Gasteiger partial charge in [-0.1, -0.05) is 33.6 Å². The second kappa shape index (κ2) is 7.24. The van der Waals surface area contributed by atoms with Crippen LogP contribution in [0.2, 0.25) is 0 Å². The molecule has 0 bridgehead atoms. The van der Waals surface area contributed by atoms with Gasteiger partial charge in [0.15, 0.2) is 0 Å². The fourth-order valence-corrected chi connectivity index (χ4v) is 1.72. The predicted octanol–water partition coefficient (Wildman–Crippen LogP) is 2.91. The topological polar surface area (TPSA) is 23.5 Å². The summed E-state index contributed by atoms with van der Waals surface area (Å²) >= 11 is 0. The monoisotopic (exact) mass is 215 g/mol. The first kappa shape index (κ1) is 14.9. The van der Waals surface area contributed by atoms with E-state index in [1.807, 2.05) is 13.8 Å². The molecule has 0 aliphatic carbocycles. The molecule has 2 heteroatoms. The van der Waals surface area contributed by atoms with E-state index in [9.17, 15) is 5.11 Å². The summed E-state index contributed by atoms with van der Waals surface area (Å²) in [6, 6.07) is 0. The standard InChI is InChI=1S/C13H29NO/c1-6-12(7-2)11-14(8-3)10-9-13(4,5)15/h12,15H,6-11H2,1-5H3. The first-order chi connectivity index (χ1) is 6.92. The second-order valence-corrected chi connectivity index (χ2v) is 5.14. The Balaban J connectivity index is 3.92. The summed E-state index contributed by atoms with van der Waals surface area (Å²) in [7, 11) is 0. The summed E-state index contributed by atoms with van der Waals surface area (Å²) < 4.78 is 0. The van der Waals surface area contributed by atoms with E-state index in [0.29, 0.717) is 0 Å². The van der Waals surface area contributed by atoms with Crippen molar-refractivity contribution in [3.05, 3.63) is 0 Å². The Hall–Kier alpha value is -0.0800. The van der Waals surface area contributed by atoms with Gasteiger partial charge in [-0.15, -0.1) is 0 Å². The van der Waals surface area contributed by atoms with E-state index in [1.165, 1.54) is 19.4 Å². The zero-order chi connectivity index (χ0) is 11.9. The van der Waals surface area contributed by atoms with E-state index in [4.69, 9.17) is 0 Å². The molecule has 0 atom stereocenters. The molecular weight excluding hydrogens is 186 g/mol. The molecule has 0 aromatic carbocycles. The average molecular weight is 215 g/mol. The van der Waals surface area contributed by atoms with Crippen molar-refractivity contribution in [2.45, 2.75) is 59.5 Å². The van der Waals surface area contributed by atoms with Crippen LogP contribution in [0.1, 0.15) is 53.9 Å². The Bertz CT molecular complexity index is 147. The minimum atomic E-state index is -0.526. The smallest absolute Gasteiger partial charge is 0.0603 e. The molecule has 0 aromatic heterocycles.